The first-order valence-electron chi connectivity index (χ1n) is 9.44. The van der Waals surface area contributed by atoms with Crippen molar-refractivity contribution in [3.05, 3.63) is 54.6 Å². The first kappa shape index (κ1) is 18.5. The number of ether oxygens (including phenoxy) is 2. The average molecular weight is 353 g/mol. The molecule has 1 aliphatic rings. The summed E-state index contributed by atoms with van der Waals surface area (Å²) in [6, 6.07) is 18.4. The molecule has 3 rings (SSSR count). The first-order chi connectivity index (χ1) is 12.8. The summed E-state index contributed by atoms with van der Waals surface area (Å²) in [7, 11) is 0. The predicted molar refractivity (Wildman–Crippen MR) is 103 cm³/mol. The normalized spacial score (nSPS) is 17.7. The number of rotatable bonds is 7. The minimum Gasteiger partial charge on any atom is -0.492 e. The molecule has 4 heteroatoms. The van der Waals surface area contributed by atoms with Gasteiger partial charge >= 0.3 is 5.97 Å². The second-order valence-electron chi connectivity index (χ2n) is 6.60. The second-order valence-corrected chi connectivity index (χ2v) is 6.60. The van der Waals surface area contributed by atoms with E-state index in [4.69, 9.17) is 9.47 Å². The van der Waals surface area contributed by atoms with E-state index >= 15 is 0 Å². The first-order valence-corrected chi connectivity index (χ1v) is 9.44. The molecule has 1 saturated heterocycles. The molecule has 0 spiro atoms. The molecule has 1 fully saturated rings. The Balaban J connectivity index is 1.55. The number of piperidine rings is 1. The Morgan fingerprint density at radius 2 is 1.88 bits per heavy atom. The Morgan fingerprint density at radius 1 is 1.12 bits per heavy atom. The highest BCUT2D eigenvalue weighted by Crippen LogP contribution is 2.29. The van der Waals surface area contributed by atoms with Gasteiger partial charge in [-0.05, 0) is 37.9 Å². The van der Waals surface area contributed by atoms with E-state index in [1.165, 1.54) is 0 Å². The molecule has 0 unspecified atom stereocenters. The van der Waals surface area contributed by atoms with Crippen molar-refractivity contribution in [1.29, 1.82) is 0 Å². The highest BCUT2D eigenvalue weighted by molar-refractivity contribution is 5.72. The summed E-state index contributed by atoms with van der Waals surface area (Å²) >= 11 is 0. The standard InChI is InChI=1S/C22H27NO3/c1-2-25-22(24)19-11-8-14-23(17-19)15-16-26-21-13-7-6-12-20(21)18-9-4-3-5-10-18/h3-7,9-10,12-13,19H,2,8,11,14-17H2,1H3/t19-/m1/s1. The Hall–Kier alpha value is -2.33. The van der Waals surface area contributed by atoms with Crippen molar-refractivity contribution in [2.45, 2.75) is 19.8 Å². The predicted octanol–water partition coefficient (Wildman–Crippen LogP) is 4.01. The van der Waals surface area contributed by atoms with Gasteiger partial charge in [-0.25, -0.2) is 0 Å². The third-order valence-corrected chi connectivity index (χ3v) is 4.76. The van der Waals surface area contributed by atoms with Crippen molar-refractivity contribution >= 4 is 5.97 Å². The maximum atomic E-state index is 12.0. The van der Waals surface area contributed by atoms with Crippen LogP contribution < -0.4 is 4.74 Å². The Kier molecular flexibility index (Phi) is 6.67. The van der Waals surface area contributed by atoms with Gasteiger partial charge in [0, 0.05) is 18.7 Å². The maximum absolute atomic E-state index is 12.0. The lowest BCUT2D eigenvalue weighted by Gasteiger charge is -2.31. The van der Waals surface area contributed by atoms with Crippen LogP contribution in [-0.2, 0) is 9.53 Å². The molecule has 0 bridgehead atoms. The molecule has 2 aromatic rings. The fraction of sp³-hybridized carbons (Fsp3) is 0.409. The third kappa shape index (κ3) is 4.85. The molecule has 0 amide bonds. The number of para-hydroxylation sites is 1. The number of benzene rings is 2. The molecule has 2 aromatic carbocycles. The SMILES string of the molecule is CCOC(=O)[C@@H]1CCCN(CCOc2ccccc2-c2ccccc2)C1. The lowest BCUT2D eigenvalue weighted by Crippen LogP contribution is -2.41. The van der Waals surface area contributed by atoms with E-state index in [2.05, 4.69) is 23.1 Å². The Labute approximate surface area is 155 Å². The number of carbonyl (C=O) groups excluding carboxylic acids is 1. The molecule has 138 valence electrons. The van der Waals surface area contributed by atoms with Crippen LogP contribution in [0, 0.1) is 5.92 Å². The summed E-state index contributed by atoms with van der Waals surface area (Å²) in [4.78, 5) is 14.3. The minimum absolute atomic E-state index is 0.000282. The number of carbonyl (C=O) groups is 1. The zero-order valence-corrected chi connectivity index (χ0v) is 15.4. The lowest BCUT2D eigenvalue weighted by atomic mass is 9.98. The number of esters is 1. The highest BCUT2D eigenvalue weighted by atomic mass is 16.5. The van der Waals surface area contributed by atoms with E-state index in [-0.39, 0.29) is 11.9 Å². The van der Waals surface area contributed by atoms with Crippen LogP contribution >= 0.6 is 0 Å². The third-order valence-electron chi connectivity index (χ3n) is 4.76. The monoisotopic (exact) mass is 353 g/mol. The Bertz CT molecular complexity index is 702. The second kappa shape index (κ2) is 9.39. The number of hydrogen-bond donors (Lipinski definition) is 0. The summed E-state index contributed by atoms with van der Waals surface area (Å²) in [5.41, 5.74) is 2.26. The number of nitrogens with zero attached hydrogens (tertiary/aromatic N) is 1. The fourth-order valence-electron chi connectivity index (χ4n) is 3.44. The topological polar surface area (TPSA) is 38.8 Å². The van der Waals surface area contributed by atoms with Crippen molar-refractivity contribution in [1.82, 2.24) is 4.90 Å². The molecule has 4 nitrogen and oxygen atoms in total. The quantitative estimate of drug-likeness (QED) is 0.705. The van der Waals surface area contributed by atoms with Crippen LogP contribution in [0.2, 0.25) is 0 Å². The van der Waals surface area contributed by atoms with Gasteiger partial charge in [-0.1, -0.05) is 48.5 Å². The average Bonchev–Trinajstić information content (AvgIpc) is 2.69. The summed E-state index contributed by atoms with van der Waals surface area (Å²) in [5.74, 6) is 0.838. The summed E-state index contributed by atoms with van der Waals surface area (Å²) in [5, 5.41) is 0. The van der Waals surface area contributed by atoms with E-state index in [0.717, 1.165) is 49.4 Å². The van der Waals surface area contributed by atoms with Crippen LogP contribution in [0.25, 0.3) is 11.1 Å². The van der Waals surface area contributed by atoms with E-state index in [9.17, 15) is 4.79 Å². The van der Waals surface area contributed by atoms with Gasteiger partial charge in [0.1, 0.15) is 12.4 Å². The number of likely N-dealkylation sites (tertiary alicyclic amines) is 1. The van der Waals surface area contributed by atoms with Gasteiger partial charge in [0.05, 0.1) is 12.5 Å². The van der Waals surface area contributed by atoms with E-state index < -0.39 is 0 Å². The van der Waals surface area contributed by atoms with Gasteiger partial charge in [-0.3, -0.25) is 9.69 Å². The molecule has 1 atom stereocenters. The molecule has 0 aromatic heterocycles. The van der Waals surface area contributed by atoms with Crippen LogP contribution in [-0.4, -0.2) is 43.7 Å². The minimum atomic E-state index is -0.0625. The smallest absolute Gasteiger partial charge is 0.310 e. The largest absolute Gasteiger partial charge is 0.492 e. The van der Waals surface area contributed by atoms with Crippen molar-refractivity contribution in [3.63, 3.8) is 0 Å². The van der Waals surface area contributed by atoms with Crippen LogP contribution in [0.4, 0.5) is 0 Å². The Morgan fingerprint density at radius 3 is 2.69 bits per heavy atom. The lowest BCUT2D eigenvalue weighted by molar-refractivity contribution is -0.150. The van der Waals surface area contributed by atoms with E-state index in [1.54, 1.807) is 0 Å². The maximum Gasteiger partial charge on any atom is 0.310 e. The zero-order chi connectivity index (χ0) is 18.2. The molecule has 0 radical (unpaired) electrons. The van der Waals surface area contributed by atoms with Crippen LogP contribution in [0.3, 0.4) is 0 Å². The van der Waals surface area contributed by atoms with Gasteiger partial charge in [0.2, 0.25) is 0 Å². The van der Waals surface area contributed by atoms with Crippen LogP contribution in [0.1, 0.15) is 19.8 Å². The molecule has 1 heterocycles. The van der Waals surface area contributed by atoms with Crippen molar-refractivity contribution in [3.8, 4) is 16.9 Å². The molecule has 0 saturated carbocycles. The molecular formula is C22H27NO3. The van der Waals surface area contributed by atoms with Gasteiger partial charge in [-0.15, -0.1) is 0 Å². The molecular weight excluding hydrogens is 326 g/mol. The summed E-state index contributed by atoms with van der Waals surface area (Å²) in [6.07, 6.45) is 1.96. The van der Waals surface area contributed by atoms with Crippen LogP contribution in [0.15, 0.2) is 54.6 Å². The zero-order valence-electron chi connectivity index (χ0n) is 15.4. The van der Waals surface area contributed by atoms with Crippen molar-refractivity contribution in [2.24, 2.45) is 5.92 Å². The highest BCUT2D eigenvalue weighted by Gasteiger charge is 2.26. The van der Waals surface area contributed by atoms with E-state index in [0.29, 0.717) is 13.2 Å². The molecule has 0 aliphatic carbocycles. The van der Waals surface area contributed by atoms with Crippen molar-refractivity contribution < 1.29 is 14.3 Å². The molecule has 0 N–H and O–H groups in total. The number of hydrogen-bond acceptors (Lipinski definition) is 4. The summed E-state index contributed by atoms with van der Waals surface area (Å²) in [6.45, 7) is 5.52. The van der Waals surface area contributed by atoms with Gasteiger partial charge in [0.25, 0.3) is 0 Å². The van der Waals surface area contributed by atoms with E-state index in [1.807, 2.05) is 43.3 Å². The summed E-state index contributed by atoms with van der Waals surface area (Å²) < 4.78 is 11.3. The van der Waals surface area contributed by atoms with Crippen LogP contribution in [0.5, 0.6) is 5.75 Å². The molecule has 1 aliphatic heterocycles. The van der Waals surface area contributed by atoms with Gasteiger partial charge < -0.3 is 9.47 Å². The fourth-order valence-corrected chi connectivity index (χ4v) is 3.44. The molecule has 26 heavy (non-hydrogen) atoms. The van der Waals surface area contributed by atoms with Gasteiger partial charge in [0.15, 0.2) is 0 Å². The van der Waals surface area contributed by atoms with Gasteiger partial charge in [-0.2, -0.15) is 0 Å². The van der Waals surface area contributed by atoms with Crippen molar-refractivity contribution in [2.75, 3.05) is 32.8 Å².